The number of rotatable bonds is 7. The predicted molar refractivity (Wildman–Crippen MR) is 77.2 cm³/mol. The lowest BCUT2D eigenvalue weighted by Gasteiger charge is -2.17. The summed E-state index contributed by atoms with van der Waals surface area (Å²) in [4.78, 5) is 16.5. The smallest absolute Gasteiger partial charge is 0.220 e. The Balaban J connectivity index is 1.82. The van der Waals surface area contributed by atoms with Crippen molar-refractivity contribution in [1.29, 1.82) is 0 Å². The monoisotopic (exact) mass is 288 g/mol. The minimum absolute atomic E-state index is 0.0261. The molecular formula is C14H20N6O. The van der Waals surface area contributed by atoms with E-state index in [9.17, 15) is 4.79 Å². The van der Waals surface area contributed by atoms with Gasteiger partial charge in [-0.25, -0.2) is 4.68 Å². The second-order valence-electron chi connectivity index (χ2n) is 4.91. The third-order valence-corrected chi connectivity index (χ3v) is 3.19. The van der Waals surface area contributed by atoms with Crippen molar-refractivity contribution in [3.63, 3.8) is 0 Å². The van der Waals surface area contributed by atoms with Crippen LogP contribution in [0.25, 0.3) is 0 Å². The first-order chi connectivity index (χ1) is 10.2. The number of nitrogens with one attached hydrogen (secondary N) is 1. The van der Waals surface area contributed by atoms with Gasteiger partial charge < -0.3 is 5.32 Å². The van der Waals surface area contributed by atoms with Crippen LogP contribution in [0.15, 0.2) is 24.5 Å². The van der Waals surface area contributed by atoms with E-state index < -0.39 is 0 Å². The third-order valence-electron chi connectivity index (χ3n) is 3.19. The van der Waals surface area contributed by atoms with Gasteiger partial charge in [-0.1, -0.05) is 13.0 Å². The molecule has 0 saturated heterocycles. The van der Waals surface area contributed by atoms with Crippen LogP contribution in [-0.4, -0.2) is 31.1 Å². The van der Waals surface area contributed by atoms with Crippen LogP contribution in [0.4, 0.5) is 0 Å². The molecular weight excluding hydrogens is 268 g/mol. The van der Waals surface area contributed by atoms with E-state index in [1.165, 1.54) is 0 Å². The lowest BCUT2D eigenvalue weighted by Crippen LogP contribution is -2.28. The first kappa shape index (κ1) is 15.1. The van der Waals surface area contributed by atoms with Crippen molar-refractivity contribution in [2.24, 2.45) is 0 Å². The molecule has 0 radical (unpaired) electrons. The minimum atomic E-state index is -0.0366. The summed E-state index contributed by atoms with van der Waals surface area (Å²) < 4.78 is 1.62. The fourth-order valence-corrected chi connectivity index (χ4v) is 2.09. The molecule has 7 nitrogen and oxygen atoms in total. The summed E-state index contributed by atoms with van der Waals surface area (Å²) in [5, 5.41) is 13.9. The van der Waals surface area contributed by atoms with Crippen molar-refractivity contribution < 1.29 is 4.79 Å². The van der Waals surface area contributed by atoms with Crippen LogP contribution in [0.3, 0.4) is 0 Å². The molecule has 1 N–H and O–H groups in total. The van der Waals surface area contributed by atoms with Crippen molar-refractivity contribution in [3.8, 4) is 0 Å². The topological polar surface area (TPSA) is 85.6 Å². The van der Waals surface area contributed by atoms with Crippen molar-refractivity contribution in [3.05, 3.63) is 35.9 Å². The molecule has 0 aliphatic carbocycles. The summed E-state index contributed by atoms with van der Waals surface area (Å²) >= 11 is 0. The fraction of sp³-hybridized carbons (Fsp3) is 0.500. The second-order valence-corrected chi connectivity index (χ2v) is 4.91. The van der Waals surface area contributed by atoms with Gasteiger partial charge in [-0.3, -0.25) is 9.78 Å². The summed E-state index contributed by atoms with van der Waals surface area (Å²) in [5.74, 6) is 0.0261. The van der Waals surface area contributed by atoms with Crippen molar-refractivity contribution in [2.75, 3.05) is 0 Å². The molecule has 0 fully saturated rings. The van der Waals surface area contributed by atoms with Gasteiger partial charge in [-0.05, 0) is 42.3 Å². The molecule has 112 valence electrons. The lowest BCUT2D eigenvalue weighted by molar-refractivity contribution is -0.122. The average Bonchev–Trinajstić information content (AvgIpc) is 2.98. The predicted octanol–water partition coefficient (Wildman–Crippen LogP) is 1.42. The van der Waals surface area contributed by atoms with Gasteiger partial charge in [0.05, 0.1) is 11.7 Å². The summed E-state index contributed by atoms with van der Waals surface area (Å²) in [5.41, 5.74) is 1.87. The van der Waals surface area contributed by atoms with Crippen LogP contribution in [-0.2, 0) is 11.3 Å². The number of aromatic nitrogens is 5. The van der Waals surface area contributed by atoms with Crippen LogP contribution in [0, 0.1) is 6.92 Å². The Morgan fingerprint density at radius 2 is 2.29 bits per heavy atom. The molecule has 2 heterocycles. The zero-order valence-corrected chi connectivity index (χ0v) is 12.4. The molecule has 1 atom stereocenters. The Morgan fingerprint density at radius 3 is 2.95 bits per heavy atom. The van der Waals surface area contributed by atoms with E-state index in [1.54, 1.807) is 11.0 Å². The van der Waals surface area contributed by atoms with Gasteiger partial charge in [0.2, 0.25) is 5.91 Å². The summed E-state index contributed by atoms with van der Waals surface area (Å²) in [6.07, 6.45) is 3.51. The van der Waals surface area contributed by atoms with Gasteiger partial charge in [0.15, 0.2) is 0 Å². The van der Waals surface area contributed by atoms with Crippen LogP contribution in [0.1, 0.15) is 43.6 Å². The number of aryl methyl sites for hydroxylation is 2. The van der Waals surface area contributed by atoms with Crippen molar-refractivity contribution in [1.82, 2.24) is 30.5 Å². The highest BCUT2D eigenvalue weighted by Crippen LogP contribution is 2.14. The maximum atomic E-state index is 12.0. The van der Waals surface area contributed by atoms with Gasteiger partial charge in [0.1, 0.15) is 6.33 Å². The van der Waals surface area contributed by atoms with Gasteiger partial charge in [-0.2, -0.15) is 0 Å². The number of carbonyl (C=O) groups is 1. The Kier molecular flexibility index (Phi) is 5.36. The molecule has 0 spiro atoms. The van der Waals surface area contributed by atoms with Crippen molar-refractivity contribution >= 4 is 5.91 Å². The normalized spacial score (nSPS) is 12.1. The molecule has 0 unspecified atom stereocenters. The number of amides is 1. The number of nitrogens with zero attached hydrogens (tertiary/aromatic N) is 5. The minimum Gasteiger partial charge on any atom is -0.348 e. The van der Waals surface area contributed by atoms with E-state index in [1.807, 2.05) is 32.0 Å². The Hall–Kier alpha value is -2.31. The molecule has 2 rings (SSSR count). The number of hydrogen-bond acceptors (Lipinski definition) is 5. The largest absolute Gasteiger partial charge is 0.348 e. The first-order valence-electron chi connectivity index (χ1n) is 7.12. The molecule has 0 aliphatic heterocycles. The summed E-state index contributed by atoms with van der Waals surface area (Å²) in [7, 11) is 0. The molecule has 0 bridgehead atoms. The zero-order chi connectivity index (χ0) is 15.1. The van der Waals surface area contributed by atoms with E-state index in [0.29, 0.717) is 19.4 Å². The maximum absolute atomic E-state index is 12.0. The molecule has 0 saturated carbocycles. The number of hydrogen-bond donors (Lipinski definition) is 1. The summed E-state index contributed by atoms with van der Waals surface area (Å²) in [6, 6.07) is 5.82. The first-order valence-corrected chi connectivity index (χ1v) is 7.12. The SMILES string of the molecule is CC[C@@H](NC(=O)CCCn1cnnn1)c1cccc(C)n1. The van der Waals surface area contributed by atoms with E-state index >= 15 is 0 Å². The third kappa shape index (κ3) is 4.62. The summed E-state index contributed by atoms with van der Waals surface area (Å²) in [6.45, 7) is 4.63. The molecule has 21 heavy (non-hydrogen) atoms. The number of tetrazole rings is 1. The molecule has 0 aromatic carbocycles. The number of carbonyl (C=O) groups excluding carboxylic acids is 1. The molecule has 0 aliphatic rings. The van der Waals surface area contributed by atoms with E-state index in [-0.39, 0.29) is 11.9 Å². The van der Waals surface area contributed by atoms with Gasteiger partial charge >= 0.3 is 0 Å². The molecule has 2 aromatic rings. The van der Waals surface area contributed by atoms with Gasteiger partial charge in [-0.15, -0.1) is 5.10 Å². The van der Waals surface area contributed by atoms with Crippen LogP contribution in [0.5, 0.6) is 0 Å². The molecule has 7 heteroatoms. The highest BCUT2D eigenvalue weighted by molar-refractivity contribution is 5.76. The van der Waals surface area contributed by atoms with Gasteiger partial charge in [0, 0.05) is 18.7 Å². The molecule has 2 aromatic heterocycles. The molecule has 1 amide bonds. The zero-order valence-electron chi connectivity index (χ0n) is 12.4. The van der Waals surface area contributed by atoms with Crippen LogP contribution >= 0.6 is 0 Å². The van der Waals surface area contributed by atoms with Crippen molar-refractivity contribution in [2.45, 2.75) is 45.7 Å². The van der Waals surface area contributed by atoms with E-state index in [0.717, 1.165) is 17.8 Å². The quantitative estimate of drug-likeness (QED) is 0.833. The van der Waals surface area contributed by atoms with Gasteiger partial charge in [0.25, 0.3) is 0 Å². The fourth-order valence-electron chi connectivity index (χ4n) is 2.09. The average molecular weight is 288 g/mol. The van der Waals surface area contributed by atoms with E-state index in [4.69, 9.17) is 0 Å². The Labute approximate surface area is 123 Å². The highest BCUT2D eigenvalue weighted by Gasteiger charge is 2.13. The maximum Gasteiger partial charge on any atom is 0.220 e. The standard InChI is InChI=1S/C14H20N6O/c1-3-12(13-7-4-6-11(2)16-13)17-14(21)8-5-9-20-10-15-18-19-20/h4,6-7,10,12H,3,5,8-9H2,1-2H3,(H,17,21)/t12-/m1/s1. The number of pyridine rings is 1. The highest BCUT2D eigenvalue weighted by atomic mass is 16.1. The lowest BCUT2D eigenvalue weighted by atomic mass is 10.1. The Bertz CT molecular complexity index is 569. The Morgan fingerprint density at radius 1 is 1.43 bits per heavy atom. The van der Waals surface area contributed by atoms with Crippen LogP contribution < -0.4 is 5.32 Å². The van der Waals surface area contributed by atoms with Crippen LogP contribution in [0.2, 0.25) is 0 Å². The second kappa shape index (κ2) is 7.47. The van der Waals surface area contributed by atoms with E-state index in [2.05, 4.69) is 25.8 Å².